The summed E-state index contributed by atoms with van der Waals surface area (Å²) in [5, 5.41) is 0. The number of hydrazine groups is 1. The van der Waals surface area contributed by atoms with E-state index >= 15 is 0 Å². The second-order valence-electron chi connectivity index (χ2n) is 4.80. The highest BCUT2D eigenvalue weighted by Gasteiger charge is 2.41. The quantitative estimate of drug-likeness (QED) is 0.631. The van der Waals surface area contributed by atoms with Crippen LogP contribution in [0.25, 0.3) is 0 Å². The summed E-state index contributed by atoms with van der Waals surface area (Å²) in [6, 6.07) is 0. The van der Waals surface area contributed by atoms with Crippen molar-refractivity contribution in [3.8, 4) is 0 Å². The van der Waals surface area contributed by atoms with Crippen LogP contribution in [-0.4, -0.2) is 26.3 Å². The van der Waals surface area contributed by atoms with Gasteiger partial charge in [-0.3, -0.25) is 10.9 Å². The van der Waals surface area contributed by atoms with Crippen LogP contribution in [0.5, 0.6) is 0 Å². The summed E-state index contributed by atoms with van der Waals surface area (Å²) in [6.45, 7) is 8.77. The van der Waals surface area contributed by atoms with Gasteiger partial charge in [0.05, 0.1) is 6.61 Å². The molecule has 0 aromatic rings. The highest BCUT2D eigenvalue weighted by molar-refractivity contribution is 4.91. The lowest BCUT2D eigenvalue weighted by molar-refractivity contribution is 0.0692. The van der Waals surface area contributed by atoms with Gasteiger partial charge in [0.25, 0.3) is 0 Å². The van der Waals surface area contributed by atoms with Gasteiger partial charge < -0.3 is 4.74 Å². The van der Waals surface area contributed by atoms with Crippen LogP contribution >= 0.6 is 0 Å². The molecular weight excluding hydrogens is 164 g/mol. The first-order chi connectivity index (χ1) is 6.22. The Bertz CT molecular complexity index is 178. The number of hydrogen-bond donors (Lipinski definition) is 2. The standard InChI is InChI=1S/C10H20N2O/c1-8-5-11-12-6-9(8)10(2)3-4-13-7-10/h8-9,11-12H,3-7H2,1-2H3/t8-,9?,10?/m0/s1. The fourth-order valence-corrected chi connectivity index (χ4v) is 2.67. The smallest absolute Gasteiger partial charge is 0.0523 e. The van der Waals surface area contributed by atoms with Crippen LogP contribution in [0.2, 0.25) is 0 Å². The molecule has 0 aromatic carbocycles. The van der Waals surface area contributed by atoms with Crippen molar-refractivity contribution in [1.82, 2.24) is 10.9 Å². The first-order valence-electron chi connectivity index (χ1n) is 5.26. The van der Waals surface area contributed by atoms with E-state index in [-0.39, 0.29) is 0 Å². The average molecular weight is 184 g/mol. The van der Waals surface area contributed by atoms with E-state index in [0.717, 1.165) is 38.1 Å². The van der Waals surface area contributed by atoms with Crippen molar-refractivity contribution in [2.75, 3.05) is 26.3 Å². The maximum absolute atomic E-state index is 5.51. The molecule has 0 saturated carbocycles. The van der Waals surface area contributed by atoms with E-state index in [9.17, 15) is 0 Å². The molecule has 2 aliphatic heterocycles. The second-order valence-corrected chi connectivity index (χ2v) is 4.80. The van der Waals surface area contributed by atoms with E-state index in [4.69, 9.17) is 4.74 Å². The maximum Gasteiger partial charge on any atom is 0.0523 e. The molecule has 2 fully saturated rings. The molecule has 76 valence electrons. The van der Waals surface area contributed by atoms with Gasteiger partial charge in [-0.1, -0.05) is 13.8 Å². The third kappa shape index (κ3) is 1.73. The Kier molecular flexibility index (Phi) is 2.58. The van der Waals surface area contributed by atoms with Crippen LogP contribution < -0.4 is 10.9 Å². The van der Waals surface area contributed by atoms with Crippen LogP contribution in [-0.2, 0) is 4.74 Å². The third-order valence-electron chi connectivity index (χ3n) is 3.70. The molecule has 2 rings (SSSR count). The number of ether oxygens (including phenoxy) is 1. The van der Waals surface area contributed by atoms with Gasteiger partial charge in [0.2, 0.25) is 0 Å². The Hall–Kier alpha value is -0.120. The lowest BCUT2D eigenvalue weighted by atomic mass is 9.70. The SMILES string of the molecule is C[C@H]1CNNCC1C1(C)CCOC1. The highest BCUT2D eigenvalue weighted by Crippen LogP contribution is 2.40. The normalized spacial score (nSPS) is 46.6. The van der Waals surface area contributed by atoms with Gasteiger partial charge >= 0.3 is 0 Å². The minimum atomic E-state index is 0.411. The van der Waals surface area contributed by atoms with Crippen LogP contribution in [0.3, 0.4) is 0 Å². The summed E-state index contributed by atoms with van der Waals surface area (Å²) in [5.74, 6) is 1.52. The fourth-order valence-electron chi connectivity index (χ4n) is 2.67. The Morgan fingerprint density at radius 3 is 2.69 bits per heavy atom. The molecule has 2 heterocycles. The zero-order valence-electron chi connectivity index (χ0n) is 8.60. The Morgan fingerprint density at radius 1 is 1.31 bits per heavy atom. The average Bonchev–Trinajstić information content (AvgIpc) is 2.54. The molecular formula is C10H20N2O. The molecule has 3 heteroatoms. The van der Waals surface area contributed by atoms with Gasteiger partial charge in [0, 0.05) is 19.7 Å². The Morgan fingerprint density at radius 2 is 2.08 bits per heavy atom. The largest absolute Gasteiger partial charge is 0.381 e. The van der Waals surface area contributed by atoms with Crippen molar-refractivity contribution in [3.05, 3.63) is 0 Å². The lowest BCUT2D eigenvalue weighted by Crippen LogP contribution is -2.52. The highest BCUT2D eigenvalue weighted by atomic mass is 16.5. The van der Waals surface area contributed by atoms with E-state index in [1.54, 1.807) is 0 Å². The minimum Gasteiger partial charge on any atom is -0.381 e. The summed E-state index contributed by atoms with van der Waals surface area (Å²) in [7, 11) is 0. The molecule has 3 atom stereocenters. The van der Waals surface area contributed by atoms with Crippen molar-refractivity contribution in [3.63, 3.8) is 0 Å². The van der Waals surface area contributed by atoms with Gasteiger partial charge in [-0.15, -0.1) is 0 Å². The second kappa shape index (κ2) is 3.56. The first-order valence-corrected chi connectivity index (χ1v) is 5.26. The number of hydrogen-bond acceptors (Lipinski definition) is 3. The van der Waals surface area contributed by atoms with Crippen molar-refractivity contribution < 1.29 is 4.74 Å². The van der Waals surface area contributed by atoms with Crippen LogP contribution in [0.4, 0.5) is 0 Å². The van der Waals surface area contributed by atoms with Crippen LogP contribution in [0.1, 0.15) is 20.3 Å². The molecule has 0 amide bonds. The summed E-state index contributed by atoms with van der Waals surface area (Å²) in [4.78, 5) is 0. The monoisotopic (exact) mass is 184 g/mol. The number of nitrogens with one attached hydrogen (secondary N) is 2. The molecule has 0 bridgehead atoms. The van der Waals surface area contributed by atoms with Gasteiger partial charge in [0.15, 0.2) is 0 Å². The molecule has 0 aliphatic carbocycles. The third-order valence-corrected chi connectivity index (χ3v) is 3.70. The molecule has 13 heavy (non-hydrogen) atoms. The summed E-state index contributed by atoms with van der Waals surface area (Å²) in [6.07, 6.45) is 1.23. The van der Waals surface area contributed by atoms with Crippen LogP contribution in [0, 0.1) is 17.3 Å². The van der Waals surface area contributed by atoms with Gasteiger partial charge in [-0.2, -0.15) is 0 Å². The van der Waals surface area contributed by atoms with E-state index in [2.05, 4.69) is 24.7 Å². The lowest BCUT2D eigenvalue weighted by Gasteiger charge is -2.40. The molecule has 0 radical (unpaired) electrons. The molecule has 2 unspecified atom stereocenters. The topological polar surface area (TPSA) is 33.3 Å². The fraction of sp³-hybridized carbons (Fsp3) is 1.00. The zero-order valence-corrected chi connectivity index (χ0v) is 8.60. The molecule has 3 nitrogen and oxygen atoms in total. The molecule has 0 aromatic heterocycles. The molecule has 2 aliphatic rings. The van der Waals surface area contributed by atoms with Crippen molar-refractivity contribution in [1.29, 1.82) is 0 Å². The van der Waals surface area contributed by atoms with E-state index in [1.165, 1.54) is 6.42 Å². The molecule has 2 saturated heterocycles. The minimum absolute atomic E-state index is 0.411. The first kappa shape index (κ1) is 9.44. The van der Waals surface area contributed by atoms with Gasteiger partial charge in [0.1, 0.15) is 0 Å². The Labute approximate surface area is 80.2 Å². The predicted molar refractivity (Wildman–Crippen MR) is 52.2 cm³/mol. The summed E-state index contributed by atoms with van der Waals surface area (Å²) >= 11 is 0. The van der Waals surface area contributed by atoms with Gasteiger partial charge in [-0.25, -0.2) is 0 Å². The van der Waals surface area contributed by atoms with Crippen molar-refractivity contribution >= 4 is 0 Å². The number of rotatable bonds is 1. The zero-order chi connectivity index (χ0) is 9.31. The van der Waals surface area contributed by atoms with Crippen LogP contribution in [0.15, 0.2) is 0 Å². The summed E-state index contributed by atoms with van der Waals surface area (Å²) in [5.41, 5.74) is 6.89. The predicted octanol–water partition coefficient (Wildman–Crippen LogP) is 0.773. The van der Waals surface area contributed by atoms with E-state index in [1.807, 2.05) is 0 Å². The summed E-state index contributed by atoms with van der Waals surface area (Å²) < 4.78 is 5.51. The van der Waals surface area contributed by atoms with Crippen molar-refractivity contribution in [2.24, 2.45) is 17.3 Å². The Balaban J connectivity index is 2.04. The maximum atomic E-state index is 5.51. The van der Waals surface area contributed by atoms with Crippen molar-refractivity contribution in [2.45, 2.75) is 20.3 Å². The van der Waals surface area contributed by atoms with E-state index < -0.39 is 0 Å². The van der Waals surface area contributed by atoms with Gasteiger partial charge in [-0.05, 0) is 23.7 Å². The molecule has 0 spiro atoms. The molecule has 2 N–H and O–H groups in total. The van der Waals surface area contributed by atoms with E-state index in [0.29, 0.717) is 5.41 Å².